The third-order valence-corrected chi connectivity index (χ3v) is 3.26. The fourth-order valence-corrected chi connectivity index (χ4v) is 1.70. The zero-order valence-electron chi connectivity index (χ0n) is 12.0. The molecule has 1 unspecified atom stereocenters. The van der Waals surface area contributed by atoms with Crippen LogP contribution in [-0.4, -0.2) is 24.1 Å². The van der Waals surface area contributed by atoms with Crippen LogP contribution in [0.3, 0.4) is 0 Å². The van der Waals surface area contributed by atoms with Crippen LogP contribution in [0.25, 0.3) is 0 Å². The molecule has 0 aliphatic carbocycles. The van der Waals surface area contributed by atoms with E-state index in [0.717, 1.165) is 5.56 Å². The third kappa shape index (κ3) is 4.21. The molecule has 1 N–H and O–H groups in total. The van der Waals surface area contributed by atoms with Crippen molar-refractivity contribution >= 4 is 5.69 Å². The molecule has 0 saturated carbocycles. The van der Waals surface area contributed by atoms with Crippen LogP contribution in [0.1, 0.15) is 25.3 Å². The number of rotatable bonds is 7. The molecule has 1 rings (SSSR count). The molecule has 1 aromatic carbocycles. The molecule has 108 valence electrons. The zero-order chi connectivity index (χ0) is 15.2. The Kier molecular flexibility index (Phi) is 5.47. The quantitative estimate of drug-likeness (QED) is 0.470. The van der Waals surface area contributed by atoms with Gasteiger partial charge in [-0.05, 0) is 45.4 Å². The first kappa shape index (κ1) is 15.9. The molecule has 1 atom stereocenters. The number of hydrogen-bond donors (Lipinski definition) is 1. The number of nitro benzene ring substituents is 1. The topological polar surface area (TPSA) is 88.2 Å². The summed E-state index contributed by atoms with van der Waals surface area (Å²) >= 11 is 0. The second-order valence-electron chi connectivity index (χ2n) is 4.85. The minimum atomic E-state index is -0.568. The van der Waals surface area contributed by atoms with Gasteiger partial charge in [0.1, 0.15) is 11.3 Å². The van der Waals surface area contributed by atoms with Crippen LogP contribution >= 0.6 is 0 Å². The highest BCUT2D eigenvalue weighted by atomic mass is 16.6. The average Bonchev–Trinajstić information content (AvgIpc) is 2.44. The molecular weight excluding hydrogens is 258 g/mol. The van der Waals surface area contributed by atoms with Crippen molar-refractivity contribution in [2.24, 2.45) is 0 Å². The summed E-state index contributed by atoms with van der Waals surface area (Å²) in [6.45, 7) is 4.08. The molecule has 6 heteroatoms. The number of aryl methyl sites for hydroxylation is 1. The van der Waals surface area contributed by atoms with E-state index >= 15 is 0 Å². The fraction of sp³-hybridized carbons (Fsp3) is 0.500. The summed E-state index contributed by atoms with van der Waals surface area (Å²) in [5, 5.41) is 22.7. The average molecular weight is 277 g/mol. The summed E-state index contributed by atoms with van der Waals surface area (Å²) in [6.07, 6.45) is 1.33. The SMILES string of the molecule is CNC(C)(C#N)CCCOc1cc([N+](=O)[O-])ccc1C. The highest BCUT2D eigenvalue weighted by molar-refractivity contribution is 5.43. The third-order valence-electron chi connectivity index (χ3n) is 3.26. The predicted molar refractivity (Wildman–Crippen MR) is 75.6 cm³/mol. The van der Waals surface area contributed by atoms with E-state index in [9.17, 15) is 10.1 Å². The number of nitro groups is 1. The molecule has 0 radical (unpaired) electrons. The van der Waals surface area contributed by atoms with Crippen LogP contribution in [0.4, 0.5) is 5.69 Å². The Bertz CT molecular complexity index is 525. The number of non-ortho nitro benzene ring substituents is 1. The molecule has 0 amide bonds. The monoisotopic (exact) mass is 277 g/mol. The van der Waals surface area contributed by atoms with Gasteiger partial charge in [-0.2, -0.15) is 5.26 Å². The van der Waals surface area contributed by atoms with E-state index in [0.29, 0.717) is 25.2 Å². The van der Waals surface area contributed by atoms with Crippen molar-refractivity contribution in [3.05, 3.63) is 33.9 Å². The van der Waals surface area contributed by atoms with Gasteiger partial charge in [0.05, 0.1) is 23.7 Å². The van der Waals surface area contributed by atoms with E-state index in [-0.39, 0.29) is 5.69 Å². The molecule has 0 fully saturated rings. The van der Waals surface area contributed by atoms with Crippen molar-refractivity contribution in [1.82, 2.24) is 5.32 Å². The molecule has 20 heavy (non-hydrogen) atoms. The first-order chi connectivity index (χ1) is 9.41. The molecule has 0 bridgehead atoms. The Labute approximate surface area is 118 Å². The molecule has 0 aromatic heterocycles. The number of nitrogens with zero attached hydrogens (tertiary/aromatic N) is 2. The van der Waals surface area contributed by atoms with Crippen molar-refractivity contribution < 1.29 is 9.66 Å². The lowest BCUT2D eigenvalue weighted by Crippen LogP contribution is -2.38. The minimum absolute atomic E-state index is 0.0164. The van der Waals surface area contributed by atoms with Crippen LogP contribution in [0.2, 0.25) is 0 Å². The largest absolute Gasteiger partial charge is 0.493 e. The van der Waals surface area contributed by atoms with E-state index in [4.69, 9.17) is 10.00 Å². The van der Waals surface area contributed by atoms with E-state index in [2.05, 4.69) is 11.4 Å². The Morgan fingerprint density at radius 2 is 2.25 bits per heavy atom. The number of hydrogen-bond acceptors (Lipinski definition) is 5. The molecular formula is C14H19N3O3. The first-order valence-corrected chi connectivity index (χ1v) is 6.40. The first-order valence-electron chi connectivity index (χ1n) is 6.40. The standard InChI is InChI=1S/C14H19N3O3/c1-11-5-6-12(17(18)19)9-13(11)20-8-4-7-14(2,10-15)16-3/h5-6,9,16H,4,7-8H2,1-3H3. The Hall–Kier alpha value is -2.13. The van der Waals surface area contributed by atoms with Gasteiger partial charge in [0.15, 0.2) is 0 Å². The lowest BCUT2D eigenvalue weighted by molar-refractivity contribution is -0.384. The van der Waals surface area contributed by atoms with Crippen molar-refractivity contribution in [2.45, 2.75) is 32.2 Å². The predicted octanol–water partition coefficient (Wildman–Crippen LogP) is 2.56. The fourth-order valence-electron chi connectivity index (χ4n) is 1.70. The summed E-state index contributed by atoms with van der Waals surface area (Å²) in [7, 11) is 1.74. The zero-order valence-corrected chi connectivity index (χ0v) is 12.0. The number of nitriles is 1. The summed E-state index contributed by atoms with van der Waals surface area (Å²) in [6, 6.07) is 6.76. The van der Waals surface area contributed by atoms with Gasteiger partial charge in [-0.15, -0.1) is 0 Å². The highest BCUT2D eigenvalue weighted by Crippen LogP contribution is 2.24. The maximum Gasteiger partial charge on any atom is 0.273 e. The second kappa shape index (κ2) is 6.87. The second-order valence-corrected chi connectivity index (χ2v) is 4.85. The van der Waals surface area contributed by atoms with E-state index < -0.39 is 10.5 Å². The van der Waals surface area contributed by atoms with Gasteiger partial charge in [-0.25, -0.2) is 0 Å². The van der Waals surface area contributed by atoms with Gasteiger partial charge in [0.2, 0.25) is 0 Å². The van der Waals surface area contributed by atoms with Crippen LogP contribution in [0, 0.1) is 28.4 Å². The van der Waals surface area contributed by atoms with Crippen LogP contribution in [-0.2, 0) is 0 Å². The van der Waals surface area contributed by atoms with Crippen LogP contribution in [0.15, 0.2) is 18.2 Å². The summed E-state index contributed by atoms with van der Waals surface area (Å²) in [4.78, 5) is 10.3. The Morgan fingerprint density at radius 1 is 1.55 bits per heavy atom. The maximum absolute atomic E-state index is 10.7. The summed E-state index contributed by atoms with van der Waals surface area (Å²) in [5.41, 5.74) is 0.302. The smallest absolute Gasteiger partial charge is 0.273 e. The number of ether oxygens (including phenoxy) is 1. The lowest BCUT2D eigenvalue weighted by Gasteiger charge is -2.20. The Morgan fingerprint density at radius 3 is 2.80 bits per heavy atom. The lowest BCUT2D eigenvalue weighted by atomic mass is 9.98. The van der Waals surface area contributed by atoms with E-state index in [1.54, 1.807) is 13.1 Å². The van der Waals surface area contributed by atoms with E-state index in [1.807, 2.05) is 13.8 Å². The summed E-state index contributed by atoms with van der Waals surface area (Å²) < 4.78 is 5.57. The van der Waals surface area contributed by atoms with E-state index in [1.165, 1.54) is 12.1 Å². The van der Waals surface area contributed by atoms with Gasteiger partial charge < -0.3 is 10.1 Å². The molecule has 0 spiro atoms. The minimum Gasteiger partial charge on any atom is -0.493 e. The molecule has 1 aromatic rings. The van der Waals surface area contributed by atoms with Gasteiger partial charge in [0.25, 0.3) is 5.69 Å². The van der Waals surface area contributed by atoms with Crippen molar-refractivity contribution in [2.75, 3.05) is 13.7 Å². The number of benzene rings is 1. The van der Waals surface area contributed by atoms with Crippen LogP contribution in [0.5, 0.6) is 5.75 Å². The molecule has 0 aliphatic rings. The maximum atomic E-state index is 10.7. The van der Waals surface area contributed by atoms with Crippen LogP contribution < -0.4 is 10.1 Å². The van der Waals surface area contributed by atoms with Gasteiger partial charge in [-0.3, -0.25) is 10.1 Å². The van der Waals surface area contributed by atoms with Crippen molar-refractivity contribution in [1.29, 1.82) is 5.26 Å². The molecule has 0 heterocycles. The highest BCUT2D eigenvalue weighted by Gasteiger charge is 2.20. The molecule has 0 saturated heterocycles. The normalized spacial score (nSPS) is 13.3. The molecule has 6 nitrogen and oxygen atoms in total. The molecule has 0 aliphatic heterocycles. The van der Waals surface area contributed by atoms with Crippen molar-refractivity contribution in [3.8, 4) is 11.8 Å². The number of nitrogens with one attached hydrogen (secondary N) is 1. The Balaban J connectivity index is 2.56. The van der Waals surface area contributed by atoms with Gasteiger partial charge in [0, 0.05) is 6.07 Å². The van der Waals surface area contributed by atoms with Gasteiger partial charge >= 0.3 is 0 Å². The van der Waals surface area contributed by atoms with Crippen molar-refractivity contribution in [3.63, 3.8) is 0 Å². The summed E-state index contributed by atoms with van der Waals surface area (Å²) in [5.74, 6) is 0.516. The van der Waals surface area contributed by atoms with Gasteiger partial charge in [-0.1, -0.05) is 0 Å².